The minimum Gasteiger partial charge on any atom is -0.321 e. The lowest BCUT2D eigenvalue weighted by molar-refractivity contribution is -0.118. The molecule has 0 saturated heterocycles. The van der Waals surface area contributed by atoms with Gasteiger partial charge in [0, 0.05) is 0 Å². The largest absolute Gasteiger partial charge is 0.321 e. The Morgan fingerprint density at radius 3 is 2.22 bits per heavy atom. The third kappa shape index (κ3) is 2.82. The first kappa shape index (κ1) is 8.92. The molecular weight excluding hydrogens is 138 g/mol. The van der Waals surface area contributed by atoms with Crippen molar-refractivity contribution in [3.05, 3.63) is 0 Å². The quantitative estimate of drug-likeness (QED) is 0.603. The third-order valence-corrected chi connectivity index (χ3v) is 1.49. The Bertz CT molecular complexity index is 103. The minimum absolute atomic E-state index is 0.0271. The maximum Gasteiger partial charge on any atom is 0.164 e. The van der Waals surface area contributed by atoms with Crippen molar-refractivity contribution in [3.8, 4) is 0 Å². The smallest absolute Gasteiger partial charge is 0.164 e. The van der Waals surface area contributed by atoms with Gasteiger partial charge in [0.1, 0.15) is 0 Å². The van der Waals surface area contributed by atoms with Gasteiger partial charge in [-0.25, -0.2) is 0 Å². The van der Waals surface area contributed by atoms with Gasteiger partial charge in [-0.05, 0) is 5.92 Å². The molecule has 1 atom stereocenters. The summed E-state index contributed by atoms with van der Waals surface area (Å²) in [6.07, 6.45) is 0. The van der Waals surface area contributed by atoms with Gasteiger partial charge < -0.3 is 5.73 Å². The molecule has 0 aliphatic rings. The molecule has 0 aromatic heterocycles. The third-order valence-electron chi connectivity index (χ3n) is 1.22. The van der Waals surface area contributed by atoms with Crippen LogP contribution >= 0.6 is 11.6 Å². The van der Waals surface area contributed by atoms with Crippen LogP contribution in [0.5, 0.6) is 0 Å². The van der Waals surface area contributed by atoms with Crippen molar-refractivity contribution >= 4 is 17.4 Å². The van der Waals surface area contributed by atoms with E-state index in [4.69, 9.17) is 17.3 Å². The molecule has 0 fully saturated rings. The highest BCUT2D eigenvalue weighted by atomic mass is 35.5. The van der Waals surface area contributed by atoms with E-state index in [2.05, 4.69) is 0 Å². The van der Waals surface area contributed by atoms with E-state index in [0.717, 1.165) is 0 Å². The van der Waals surface area contributed by atoms with Crippen LogP contribution in [0.4, 0.5) is 0 Å². The van der Waals surface area contributed by atoms with Crippen LogP contribution in [0.25, 0.3) is 0 Å². The van der Waals surface area contributed by atoms with Crippen LogP contribution in [-0.4, -0.2) is 17.7 Å². The number of ketones is 1. The highest BCUT2D eigenvalue weighted by molar-refractivity contribution is 6.28. The molecule has 0 aromatic rings. The molecule has 2 N–H and O–H groups in total. The van der Waals surface area contributed by atoms with Crippen LogP contribution < -0.4 is 5.73 Å². The lowest BCUT2D eigenvalue weighted by Gasteiger charge is -2.11. The van der Waals surface area contributed by atoms with E-state index in [1.54, 1.807) is 0 Å². The summed E-state index contributed by atoms with van der Waals surface area (Å²) in [4.78, 5) is 10.7. The Hall–Kier alpha value is -0.0800. The fraction of sp³-hybridized carbons (Fsp3) is 0.833. The molecule has 0 spiro atoms. The number of rotatable bonds is 3. The van der Waals surface area contributed by atoms with Crippen molar-refractivity contribution in [2.24, 2.45) is 11.7 Å². The van der Waals surface area contributed by atoms with Crippen molar-refractivity contribution in [3.63, 3.8) is 0 Å². The van der Waals surface area contributed by atoms with Crippen LogP contribution in [0.2, 0.25) is 0 Å². The van der Waals surface area contributed by atoms with E-state index in [9.17, 15) is 4.79 Å². The van der Waals surface area contributed by atoms with Gasteiger partial charge in [-0.15, -0.1) is 11.6 Å². The fourth-order valence-electron chi connectivity index (χ4n) is 0.461. The van der Waals surface area contributed by atoms with E-state index in [1.807, 2.05) is 13.8 Å². The Kier molecular flexibility index (Phi) is 3.82. The van der Waals surface area contributed by atoms with Gasteiger partial charge in [0.05, 0.1) is 11.9 Å². The molecule has 0 aliphatic carbocycles. The number of halogens is 1. The number of carbonyl (C=O) groups excluding carboxylic acids is 1. The molecule has 9 heavy (non-hydrogen) atoms. The lowest BCUT2D eigenvalue weighted by atomic mass is 10.0. The average Bonchev–Trinajstić information content (AvgIpc) is 1.84. The van der Waals surface area contributed by atoms with E-state index in [1.165, 1.54) is 0 Å². The van der Waals surface area contributed by atoms with Gasteiger partial charge >= 0.3 is 0 Å². The molecule has 0 heterocycles. The summed E-state index contributed by atoms with van der Waals surface area (Å²) >= 11 is 5.26. The number of hydrogen-bond acceptors (Lipinski definition) is 2. The van der Waals surface area contributed by atoms with Gasteiger partial charge in [-0.2, -0.15) is 0 Å². The number of carbonyl (C=O) groups is 1. The summed E-state index contributed by atoms with van der Waals surface area (Å²) in [7, 11) is 0. The molecule has 0 bridgehead atoms. The predicted molar refractivity (Wildman–Crippen MR) is 38.5 cm³/mol. The molecule has 0 aromatic carbocycles. The van der Waals surface area contributed by atoms with Crippen molar-refractivity contribution in [1.82, 2.24) is 0 Å². The standard InChI is InChI=1S/C6H12ClNO/c1-4(2)6(8)5(9)3-7/h4,6H,3,8H2,1-2H3/t6-/m1/s1. The second kappa shape index (κ2) is 3.85. The maximum atomic E-state index is 10.7. The first-order valence-electron chi connectivity index (χ1n) is 2.93. The van der Waals surface area contributed by atoms with E-state index in [-0.39, 0.29) is 23.6 Å². The Labute approximate surface area is 60.4 Å². The SMILES string of the molecule is CC(C)[C@@H](N)C(=O)CCl. The normalized spacial score (nSPS) is 13.9. The van der Waals surface area contributed by atoms with Crippen molar-refractivity contribution in [2.45, 2.75) is 19.9 Å². The van der Waals surface area contributed by atoms with Gasteiger partial charge in [-0.1, -0.05) is 13.8 Å². The van der Waals surface area contributed by atoms with Crippen LogP contribution in [0.3, 0.4) is 0 Å². The Morgan fingerprint density at radius 1 is 1.67 bits per heavy atom. The van der Waals surface area contributed by atoms with Gasteiger partial charge in [-0.3, -0.25) is 4.79 Å². The first-order chi connectivity index (χ1) is 4.09. The monoisotopic (exact) mass is 149 g/mol. The highest BCUT2D eigenvalue weighted by Gasteiger charge is 2.14. The second-order valence-corrected chi connectivity index (χ2v) is 2.64. The molecule has 0 amide bonds. The number of nitrogens with two attached hydrogens (primary N) is 1. The molecule has 0 saturated carbocycles. The van der Waals surface area contributed by atoms with Crippen molar-refractivity contribution < 1.29 is 4.79 Å². The van der Waals surface area contributed by atoms with Crippen LogP contribution in [0.1, 0.15) is 13.8 Å². The molecule has 0 radical (unpaired) electrons. The second-order valence-electron chi connectivity index (χ2n) is 2.37. The molecule has 0 aliphatic heterocycles. The van der Waals surface area contributed by atoms with Crippen molar-refractivity contribution in [2.75, 3.05) is 5.88 Å². The average molecular weight is 150 g/mol. The summed E-state index contributed by atoms with van der Waals surface area (Å²) in [5.74, 6) is 0.141. The summed E-state index contributed by atoms with van der Waals surface area (Å²) in [6, 6.07) is -0.387. The number of alkyl halides is 1. The highest BCUT2D eigenvalue weighted by Crippen LogP contribution is 1.99. The van der Waals surface area contributed by atoms with E-state index < -0.39 is 0 Å². The lowest BCUT2D eigenvalue weighted by Crippen LogP contribution is -2.36. The topological polar surface area (TPSA) is 43.1 Å². The number of Topliss-reactive ketones (excluding diaryl/α,β-unsaturated/α-hetero) is 1. The van der Waals surface area contributed by atoms with E-state index in [0.29, 0.717) is 0 Å². The molecule has 54 valence electrons. The minimum atomic E-state index is -0.387. The molecular formula is C6H12ClNO. The van der Waals surface area contributed by atoms with Gasteiger partial charge in [0.25, 0.3) is 0 Å². The maximum absolute atomic E-state index is 10.7. The molecule has 3 heteroatoms. The van der Waals surface area contributed by atoms with Crippen molar-refractivity contribution in [1.29, 1.82) is 0 Å². The fourth-order valence-corrected chi connectivity index (χ4v) is 0.639. The van der Waals surface area contributed by atoms with Crippen LogP contribution in [0.15, 0.2) is 0 Å². The first-order valence-corrected chi connectivity index (χ1v) is 3.47. The van der Waals surface area contributed by atoms with Gasteiger partial charge in [0.15, 0.2) is 5.78 Å². The predicted octanol–water partition coefficient (Wildman–Crippen LogP) is 0.778. The summed E-state index contributed by atoms with van der Waals surface area (Å²) in [6.45, 7) is 3.80. The molecule has 0 unspecified atom stereocenters. The van der Waals surface area contributed by atoms with Gasteiger partial charge in [0.2, 0.25) is 0 Å². The van der Waals surface area contributed by atoms with Crippen LogP contribution in [-0.2, 0) is 4.79 Å². The zero-order valence-electron chi connectivity index (χ0n) is 5.73. The zero-order valence-corrected chi connectivity index (χ0v) is 6.48. The van der Waals surface area contributed by atoms with E-state index >= 15 is 0 Å². The number of hydrogen-bond donors (Lipinski definition) is 1. The Morgan fingerprint density at radius 2 is 2.11 bits per heavy atom. The summed E-state index contributed by atoms with van der Waals surface area (Å²) in [5.41, 5.74) is 5.44. The zero-order chi connectivity index (χ0) is 7.44. The Balaban J connectivity index is 3.72. The van der Waals surface area contributed by atoms with Crippen LogP contribution in [0, 0.1) is 5.92 Å². The molecule has 0 rings (SSSR count). The molecule has 2 nitrogen and oxygen atoms in total. The summed E-state index contributed by atoms with van der Waals surface area (Å²) in [5, 5.41) is 0. The summed E-state index contributed by atoms with van der Waals surface area (Å²) < 4.78 is 0.